The standard InChI is InChI=1S/C30H20N8O2/c31-27(39-28(32)23-13-21(15-33-17-23)25-8-1-3-10-35-25)19-6-5-7-20(12-19)29-37-38-30(40-29)24-14-22(16-34-18-24)26-9-2-4-11-36-26/h1-18,31-32H. The molecule has 10 nitrogen and oxygen atoms in total. The number of benzene rings is 1. The molecular formula is C30H20N8O2. The summed E-state index contributed by atoms with van der Waals surface area (Å²) in [6, 6.07) is 21.8. The molecule has 10 heteroatoms. The molecule has 5 aromatic heterocycles. The van der Waals surface area contributed by atoms with Gasteiger partial charge < -0.3 is 9.15 Å². The van der Waals surface area contributed by atoms with Crippen LogP contribution in [0.1, 0.15) is 11.1 Å². The van der Waals surface area contributed by atoms with Crippen LogP contribution in [-0.4, -0.2) is 41.9 Å². The Kier molecular flexibility index (Phi) is 6.62. The number of rotatable bonds is 6. The lowest BCUT2D eigenvalue weighted by Crippen LogP contribution is -2.13. The Morgan fingerprint density at radius 3 is 1.88 bits per heavy atom. The molecule has 0 aliphatic rings. The molecule has 0 fully saturated rings. The minimum atomic E-state index is -0.207. The van der Waals surface area contributed by atoms with E-state index in [0.717, 1.165) is 22.5 Å². The summed E-state index contributed by atoms with van der Waals surface area (Å²) in [5.74, 6) is 0.164. The summed E-state index contributed by atoms with van der Waals surface area (Å²) in [5.41, 5.74) is 5.20. The summed E-state index contributed by atoms with van der Waals surface area (Å²) in [7, 11) is 0. The van der Waals surface area contributed by atoms with Gasteiger partial charge in [0.25, 0.3) is 0 Å². The molecule has 0 amide bonds. The lowest BCUT2D eigenvalue weighted by molar-refractivity contribution is 0.538. The zero-order chi connectivity index (χ0) is 27.3. The van der Waals surface area contributed by atoms with E-state index in [1.807, 2.05) is 42.5 Å². The second-order valence-corrected chi connectivity index (χ2v) is 8.61. The van der Waals surface area contributed by atoms with Gasteiger partial charge in [0.05, 0.1) is 22.5 Å². The third-order valence-corrected chi connectivity index (χ3v) is 5.91. The molecule has 40 heavy (non-hydrogen) atoms. The summed E-state index contributed by atoms with van der Waals surface area (Å²) in [6.07, 6.45) is 9.95. The number of pyridine rings is 4. The smallest absolute Gasteiger partial charge is 0.249 e. The highest BCUT2D eigenvalue weighted by molar-refractivity contribution is 6.05. The molecule has 0 aliphatic carbocycles. The highest BCUT2D eigenvalue weighted by atomic mass is 16.5. The van der Waals surface area contributed by atoms with E-state index < -0.39 is 0 Å². The molecule has 0 radical (unpaired) electrons. The van der Waals surface area contributed by atoms with Crippen LogP contribution >= 0.6 is 0 Å². The van der Waals surface area contributed by atoms with E-state index in [2.05, 4.69) is 30.1 Å². The number of hydrogen-bond donors (Lipinski definition) is 2. The first-order valence-corrected chi connectivity index (χ1v) is 12.2. The lowest BCUT2D eigenvalue weighted by Gasteiger charge is -2.09. The van der Waals surface area contributed by atoms with E-state index in [0.29, 0.717) is 28.1 Å². The minimum Gasteiger partial charge on any atom is -0.421 e. The van der Waals surface area contributed by atoms with Crippen LogP contribution in [0.3, 0.4) is 0 Å². The zero-order valence-corrected chi connectivity index (χ0v) is 20.9. The van der Waals surface area contributed by atoms with Crippen molar-refractivity contribution in [2.75, 3.05) is 0 Å². The second kappa shape index (κ2) is 10.8. The van der Waals surface area contributed by atoms with Crippen LogP contribution in [0.15, 0.2) is 114 Å². The molecular weight excluding hydrogens is 504 g/mol. The topological polar surface area (TPSA) is 147 Å². The van der Waals surface area contributed by atoms with E-state index in [1.54, 1.807) is 61.3 Å². The maximum Gasteiger partial charge on any atom is 0.249 e. The predicted molar refractivity (Wildman–Crippen MR) is 148 cm³/mol. The van der Waals surface area contributed by atoms with Crippen molar-refractivity contribution in [1.82, 2.24) is 30.1 Å². The zero-order valence-electron chi connectivity index (χ0n) is 20.9. The van der Waals surface area contributed by atoms with Gasteiger partial charge >= 0.3 is 0 Å². The average Bonchev–Trinajstić information content (AvgIpc) is 3.53. The van der Waals surface area contributed by atoms with Crippen molar-refractivity contribution >= 4 is 11.8 Å². The van der Waals surface area contributed by atoms with Gasteiger partial charge in [0.2, 0.25) is 23.6 Å². The quantitative estimate of drug-likeness (QED) is 0.209. The minimum absolute atomic E-state index is 0.206. The van der Waals surface area contributed by atoms with Crippen LogP contribution in [0, 0.1) is 10.8 Å². The van der Waals surface area contributed by atoms with Gasteiger partial charge in [-0.2, -0.15) is 0 Å². The number of ether oxygens (including phenoxy) is 1. The van der Waals surface area contributed by atoms with Crippen LogP contribution in [0.4, 0.5) is 0 Å². The van der Waals surface area contributed by atoms with Crippen LogP contribution in [-0.2, 0) is 4.74 Å². The van der Waals surface area contributed by atoms with Gasteiger partial charge in [0.15, 0.2) is 0 Å². The van der Waals surface area contributed by atoms with Crippen LogP contribution in [0.2, 0.25) is 0 Å². The first kappa shape index (κ1) is 24.4. The van der Waals surface area contributed by atoms with Crippen molar-refractivity contribution < 1.29 is 9.15 Å². The van der Waals surface area contributed by atoms with Gasteiger partial charge in [-0.25, -0.2) is 0 Å². The summed E-state index contributed by atoms with van der Waals surface area (Å²) in [5, 5.41) is 25.2. The van der Waals surface area contributed by atoms with E-state index in [4.69, 9.17) is 20.0 Å². The van der Waals surface area contributed by atoms with Crippen molar-refractivity contribution in [3.8, 4) is 45.4 Å². The summed E-state index contributed by atoms with van der Waals surface area (Å²) in [4.78, 5) is 17.2. The first-order chi connectivity index (χ1) is 19.6. The van der Waals surface area contributed by atoms with Gasteiger partial charge in [0.1, 0.15) is 0 Å². The maximum atomic E-state index is 8.45. The molecule has 1 aromatic carbocycles. The van der Waals surface area contributed by atoms with Crippen molar-refractivity contribution in [1.29, 1.82) is 10.8 Å². The molecule has 0 saturated carbocycles. The lowest BCUT2D eigenvalue weighted by atomic mass is 10.1. The maximum absolute atomic E-state index is 8.45. The molecule has 0 bridgehead atoms. The van der Waals surface area contributed by atoms with Crippen molar-refractivity contribution in [3.05, 3.63) is 121 Å². The molecule has 0 spiro atoms. The Morgan fingerprint density at radius 1 is 0.575 bits per heavy atom. The van der Waals surface area contributed by atoms with E-state index in [-0.39, 0.29) is 17.7 Å². The molecule has 0 aliphatic heterocycles. The average molecular weight is 525 g/mol. The van der Waals surface area contributed by atoms with E-state index in [1.165, 1.54) is 6.20 Å². The Balaban J connectivity index is 1.19. The molecule has 0 unspecified atom stereocenters. The summed E-state index contributed by atoms with van der Waals surface area (Å²) >= 11 is 0. The summed E-state index contributed by atoms with van der Waals surface area (Å²) in [6.45, 7) is 0. The van der Waals surface area contributed by atoms with Gasteiger partial charge in [-0.15, -0.1) is 10.2 Å². The number of aromatic nitrogens is 6. The summed E-state index contributed by atoms with van der Waals surface area (Å²) < 4.78 is 11.5. The molecule has 0 saturated heterocycles. The van der Waals surface area contributed by atoms with Crippen LogP contribution < -0.4 is 0 Å². The van der Waals surface area contributed by atoms with Crippen LogP contribution in [0.25, 0.3) is 45.4 Å². The van der Waals surface area contributed by atoms with E-state index >= 15 is 0 Å². The molecule has 5 heterocycles. The highest BCUT2D eigenvalue weighted by Gasteiger charge is 2.15. The van der Waals surface area contributed by atoms with Gasteiger partial charge in [0, 0.05) is 59.4 Å². The number of nitrogens with zero attached hydrogens (tertiary/aromatic N) is 6. The molecule has 0 atom stereocenters. The SMILES string of the molecule is N=C(OC(=N)c1cccc(-c2nnc(-c3cncc(-c4ccccn4)c3)o2)c1)c1cncc(-c2ccccn2)c1. The predicted octanol–water partition coefficient (Wildman–Crippen LogP) is 5.69. The van der Waals surface area contributed by atoms with Gasteiger partial charge in [-0.05, 0) is 54.6 Å². The van der Waals surface area contributed by atoms with Crippen molar-refractivity contribution in [2.45, 2.75) is 0 Å². The Labute approximate surface area is 228 Å². The van der Waals surface area contributed by atoms with Gasteiger partial charge in [-0.1, -0.05) is 18.2 Å². The van der Waals surface area contributed by atoms with Crippen molar-refractivity contribution in [2.24, 2.45) is 0 Å². The molecule has 6 aromatic rings. The van der Waals surface area contributed by atoms with E-state index in [9.17, 15) is 0 Å². The Morgan fingerprint density at radius 2 is 1.18 bits per heavy atom. The molecule has 2 N–H and O–H groups in total. The fraction of sp³-hybridized carbons (Fsp3) is 0. The normalized spacial score (nSPS) is 10.7. The van der Waals surface area contributed by atoms with Crippen LogP contribution in [0.5, 0.6) is 0 Å². The number of nitrogens with one attached hydrogen (secondary N) is 2. The van der Waals surface area contributed by atoms with Gasteiger partial charge in [-0.3, -0.25) is 30.8 Å². The Bertz CT molecular complexity index is 1820. The molecule has 192 valence electrons. The Hall–Kier alpha value is -5.90. The third-order valence-electron chi connectivity index (χ3n) is 5.91. The van der Waals surface area contributed by atoms with Crippen molar-refractivity contribution in [3.63, 3.8) is 0 Å². The second-order valence-electron chi connectivity index (χ2n) is 8.61. The highest BCUT2D eigenvalue weighted by Crippen LogP contribution is 2.27. The first-order valence-electron chi connectivity index (χ1n) is 12.2. The fourth-order valence-electron chi connectivity index (χ4n) is 3.94. The number of hydrogen-bond acceptors (Lipinski definition) is 10. The molecule has 6 rings (SSSR count). The monoisotopic (exact) mass is 524 g/mol. The third kappa shape index (κ3) is 5.22. The largest absolute Gasteiger partial charge is 0.421 e. The fourth-order valence-corrected chi connectivity index (χ4v) is 3.94.